The molecule has 7 nitrogen and oxygen atoms in total. The second kappa shape index (κ2) is 13.3. The fourth-order valence-corrected chi connectivity index (χ4v) is 6.98. The van der Waals surface area contributed by atoms with Crippen molar-refractivity contribution in [2.75, 3.05) is 10.8 Å². The minimum Gasteiger partial charge on any atom is -0.352 e. The van der Waals surface area contributed by atoms with Gasteiger partial charge in [-0.15, -0.1) is 0 Å². The summed E-state index contributed by atoms with van der Waals surface area (Å²) in [6.07, 6.45) is 4.44. The van der Waals surface area contributed by atoms with Crippen LogP contribution in [-0.4, -0.2) is 43.8 Å². The molecule has 0 aromatic heterocycles. The van der Waals surface area contributed by atoms with E-state index in [0.717, 1.165) is 47.9 Å². The quantitative estimate of drug-likeness (QED) is 0.319. The molecule has 1 aliphatic carbocycles. The lowest BCUT2D eigenvalue weighted by Gasteiger charge is -2.34. The van der Waals surface area contributed by atoms with Crippen LogP contribution < -0.4 is 9.62 Å². The topological polar surface area (TPSA) is 86.8 Å². The molecule has 1 unspecified atom stereocenters. The Hall–Kier alpha value is -3.65. The fourth-order valence-electron chi connectivity index (χ4n) is 5.50. The zero-order valence-corrected chi connectivity index (χ0v) is 25.3. The maximum Gasteiger partial charge on any atom is 0.264 e. The number of aryl methyl sites for hydroxylation is 3. The molecule has 1 aliphatic rings. The van der Waals surface area contributed by atoms with Crippen molar-refractivity contribution in [1.82, 2.24) is 10.2 Å². The molecule has 8 heteroatoms. The van der Waals surface area contributed by atoms with Crippen molar-refractivity contribution in [2.24, 2.45) is 0 Å². The molecule has 2 amide bonds. The van der Waals surface area contributed by atoms with Crippen molar-refractivity contribution in [2.45, 2.75) is 83.3 Å². The number of sulfonamides is 1. The summed E-state index contributed by atoms with van der Waals surface area (Å²) in [5.41, 5.74) is 3.98. The van der Waals surface area contributed by atoms with Crippen LogP contribution in [0.15, 0.2) is 77.7 Å². The van der Waals surface area contributed by atoms with Crippen LogP contribution in [0.4, 0.5) is 5.69 Å². The van der Waals surface area contributed by atoms with Crippen molar-refractivity contribution >= 4 is 27.5 Å². The van der Waals surface area contributed by atoms with Gasteiger partial charge in [0, 0.05) is 12.6 Å². The number of rotatable bonds is 11. The van der Waals surface area contributed by atoms with Gasteiger partial charge in [0.2, 0.25) is 11.8 Å². The van der Waals surface area contributed by atoms with Gasteiger partial charge in [-0.05, 0) is 69.4 Å². The summed E-state index contributed by atoms with van der Waals surface area (Å²) >= 11 is 0. The van der Waals surface area contributed by atoms with E-state index in [4.69, 9.17) is 0 Å². The number of amides is 2. The second-order valence-electron chi connectivity index (χ2n) is 11.0. The first-order valence-electron chi connectivity index (χ1n) is 14.4. The number of carbonyl (C=O) groups is 2. The van der Waals surface area contributed by atoms with Gasteiger partial charge in [-0.2, -0.15) is 0 Å². The highest BCUT2D eigenvalue weighted by Crippen LogP contribution is 2.29. The third-order valence-electron chi connectivity index (χ3n) is 7.79. The molecule has 41 heavy (non-hydrogen) atoms. The highest BCUT2D eigenvalue weighted by molar-refractivity contribution is 7.92. The summed E-state index contributed by atoms with van der Waals surface area (Å²) in [6.45, 7) is 7.33. The number of nitrogens with zero attached hydrogens (tertiary/aromatic N) is 2. The number of hydrogen-bond donors (Lipinski definition) is 1. The Morgan fingerprint density at radius 1 is 0.902 bits per heavy atom. The fraction of sp³-hybridized carbons (Fsp3) is 0.394. The van der Waals surface area contributed by atoms with Gasteiger partial charge in [-0.1, -0.05) is 85.5 Å². The largest absolute Gasteiger partial charge is 0.352 e. The van der Waals surface area contributed by atoms with Crippen LogP contribution in [0.1, 0.15) is 61.3 Å². The first kappa shape index (κ1) is 30.3. The van der Waals surface area contributed by atoms with E-state index in [1.165, 1.54) is 4.31 Å². The lowest BCUT2D eigenvalue weighted by Crippen LogP contribution is -2.53. The molecule has 1 saturated carbocycles. The van der Waals surface area contributed by atoms with Crippen molar-refractivity contribution < 1.29 is 18.0 Å². The Bertz CT molecular complexity index is 1450. The number of hydrogen-bond acceptors (Lipinski definition) is 4. The predicted molar refractivity (Wildman–Crippen MR) is 163 cm³/mol. The van der Waals surface area contributed by atoms with Gasteiger partial charge in [-0.3, -0.25) is 13.9 Å². The molecule has 3 aromatic carbocycles. The van der Waals surface area contributed by atoms with Crippen LogP contribution in [0.25, 0.3) is 0 Å². The van der Waals surface area contributed by atoms with Gasteiger partial charge in [0.05, 0.1) is 10.6 Å². The maximum absolute atomic E-state index is 14.2. The maximum atomic E-state index is 14.2. The van der Waals surface area contributed by atoms with Crippen molar-refractivity contribution in [1.29, 1.82) is 0 Å². The van der Waals surface area contributed by atoms with Gasteiger partial charge >= 0.3 is 0 Å². The summed E-state index contributed by atoms with van der Waals surface area (Å²) in [5, 5.41) is 3.15. The van der Waals surface area contributed by atoms with Crippen LogP contribution in [0, 0.1) is 20.8 Å². The van der Waals surface area contributed by atoms with Crippen molar-refractivity contribution in [3.63, 3.8) is 0 Å². The molecule has 1 N–H and O–H groups in total. The normalized spacial score (nSPS) is 14.4. The summed E-state index contributed by atoms with van der Waals surface area (Å²) in [7, 11) is -4.09. The zero-order chi connectivity index (χ0) is 29.6. The molecule has 1 fully saturated rings. The lowest BCUT2D eigenvalue weighted by atomic mass is 10.1. The second-order valence-corrected chi connectivity index (χ2v) is 12.9. The monoisotopic (exact) mass is 575 g/mol. The highest BCUT2D eigenvalue weighted by atomic mass is 32.2. The van der Waals surface area contributed by atoms with Gasteiger partial charge in [0.15, 0.2) is 0 Å². The molecule has 0 spiro atoms. The minimum absolute atomic E-state index is 0.108. The summed E-state index contributed by atoms with van der Waals surface area (Å²) < 4.78 is 29.3. The Morgan fingerprint density at radius 3 is 2.15 bits per heavy atom. The zero-order valence-electron chi connectivity index (χ0n) is 24.5. The molecule has 0 heterocycles. The molecule has 0 saturated heterocycles. The lowest BCUT2D eigenvalue weighted by molar-refractivity contribution is -0.140. The Balaban J connectivity index is 1.73. The van der Waals surface area contributed by atoms with E-state index in [9.17, 15) is 18.0 Å². The van der Waals surface area contributed by atoms with Crippen molar-refractivity contribution in [3.05, 3.63) is 95.1 Å². The first-order valence-corrected chi connectivity index (χ1v) is 15.8. The van der Waals surface area contributed by atoms with E-state index in [0.29, 0.717) is 12.1 Å². The molecule has 1 atom stereocenters. The minimum atomic E-state index is -4.09. The average Bonchev–Trinajstić information content (AvgIpc) is 3.45. The molecular weight excluding hydrogens is 534 g/mol. The average molecular weight is 576 g/mol. The Morgan fingerprint density at radius 2 is 1.54 bits per heavy atom. The standard InChI is InChI=1S/C33H41N3O4S/c1-5-30(33(38)34-28-13-9-10-14-28)35(22-27-11-7-6-8-12-27)32(37)23-36(31-20-17-25(3)21-26(31)4)41(39,40)29-18-15-24(2)16-19-29/h6-8,11-12,15-21,28,30H,5,9-10,13-14,22-23H2,1-4H3,(H,34,38). The van der Waals surface area contributed by atoms with Gasteiger partial charge in [-0.25, -0.2) is 8.42 Å². The Labute approximate surface area is 244 Å². The number of anilines is 1. The smallest absolute Gasteiger partial charge is 0.264 e. The summed E-state index contributed by atoms with van der Waals surface area (Å²) in [4.78, 5) is 29.4. The van der Waals surface area contributed by atoms with E-state index in [1.54, 1.807) is 35.2 Å². The number of nitrogens with one attached hydrogen (secondary N) is 1. The van der Waals surface area contributed by atoms with Gasteiger partial charge in [0.1, 0.15) is 12.6 Å². The van der Waals surface area contributed by atoms with Crippen LogP contribution >= 0.6 is 0 Å². The number of benzene rings is 3. The third kappa shape index (κ3) is 7.36. The van der Waals surface area contributed by atoms with E-state index >= 15 is 0 Å². The van der Waals surface area contributed by atoms with E-state index in [1.807, 2.05) is 70.2 Å². The molecule has 3 aromatic rings. The van der Waals surface area contributed by atoms with E-state index in [-0.39, 0.29) is 23.4 Å². The highest BCUT2D eigenvalue weighted by Gasteiger charge is 2.35. The molecule has 0 radical (unpaired) electrons. The molecule has 0 aliphatic heterocycles. The Kier molecular flexibility index (Phi) is 9.86. The molecular formula is C33H41N3O4S. The molecule has 218 valence electrons. The van der Waals surface area contributed by atoms with E-state index < -0.39 is 28.5 Å². The SMILES string of the molecule is CCC(C(=O)NC1CCCC1)N(Cc1ccccc1)C(=O)CN(c1ccc(C)cc1C)S(=O)(=O)c1ccc(C)cc1. The molecule has 4 rings (SSSR count). The predicted octanol–water partition coefficient (Wildman–Crippen LogP) is 5.67. The van der Waals surface area contributed by atoms with Gasteiger partial charge in [0.25, 0.3) is 10.0 Å². The number of carbonyl (C=O) groups excluding carboxylic acids is 2. The van der Waals surface area contributed by atoms with Crippen LogP contribution in [0.3, 0.4) is 0 Å². The van der Waals surface area contributed by atoms with Crippen LogP contribution in [0.5, 0.6) is 0 Å². The van der Waals surface area contributed by atoms with Gasteiger partial charge < -0.3 is 10.2 Å². The van der Waals surface area contributed by atoms with Crippen LogP contribution in [0.2, 0.25) is 0 Å². The third-order valence-corrected chi connectivity index (χ3v) is 9.57. The summed E-state index contributed by atoms with van der Waals surface area (Å²) in [6, 6.07) is 21.0. The van der Waals surface area contributed by atoms with Crippen molar-refractivity contribution in [3.8, 4) is 0 Å². The van der Waals surface area contributed by atoms with Crippen LogP contribution in [-0.2, 0) is 26.2 Å². The summed E-state index contributed by atoms with van der Waals surface area (Å²) in [5.74, 6) is -0.624. The molecule has 0 bridgehead atoms. The first-order chi connectivity index (χ1) is 19.6. The van der Waals surface area contributed by atoms with E-state index in [2.05, 4.69) is 5.32 Å².